The highest BCUT2D eigenvalue weighted by Gasteiger charge is 2.12. The molecule has 0 heterocycles. The molecule has 0 aliphatic carbocycles. The van der Waals surface area contributed by atoms with E-state index in [9.17, 15) is 10.1 Å². The summed E-state index contributed by atoms with van der Waals surface area (Å²) < 4.78 is 0. The largest absolute Gasteiger partial charge is 0.381 e. The maximum Gasteiger partial charge on any atom is 0.274 e. The smallest absolute Gasteiger partial charge is 0.274 e. The summed E-state index contributed by atoms with van der Waals surface area (Å²) in [6.07, 6.45) is 1.69. The summed E-state index contributed by atoms with van der Waals surface area (Å²) in [5.41, 5.74) is 4.19. The Kier molecular flexibility index (Phi) is 4.93. The molecule has 2 aromatic rings. The van der Waals surface area contributed by atoms with Gasteiger partial charge in [0.25, 0.3) is 5.69 Å². The van der Waals surface area contributed by atoms with Gasteiger partial charge in [-0.1, -0.05) is 44.2 Å². The number of anilines is 1. The Hall–Kier alpha value is -2.36. The van der Waals surface area contributed by atoms with Gasteiger partial charge in [-0.15, -0.1) is 0 Å². The Balaban J connectivity index is 2.08. The predicted molar refractivity (Wildman–Crippen MR) is 85.6 cm³/mol. The molecule has 0 aromatic heterocycles. The number of hydrogen-bond donors (Lipinski definition) is 1. The fourth-order valence-corrected chi connectivity index (χ4v) is 2.24. The molecular formula is C17H20N2O2. The van der Waals surface area contributed by atoms with E-state index in [-0.39, 0.29) is 10.6 Å². The minimum Gasteiger partial charge on any atom is -0.381 e. The summed E-state index contributed by atoms with van der Waals surface area (Å²) in [4.78, 5) is 10.7. The topological polar surface area (TPSA) is 55.2 Å². The summed E-state index contributed by atoms with van der Waals surface area (Å²) in [5.74, 6) is 0. The van der Waals surface area contributed by atoms with Gasteiger partial charge in [0.1, 0.15) is 0 Å². The van der Waals surface area contributed by atoms with Gasteiger partial charge in [-0.25, -0.2) is 0 Å². The molecular weight excluding hydrogens is 264 g/mol. The third-order valence-electron chi connectivity index (χ3n) is 3.59. The van der Waals surface area contributed by atoms with Crippen LogP contribution in [0.3, 0.4) is 0 Å². The lowest BCUT2D eigenvalue weighted by atomic mass is 10.1. The van der Waals surface area contributed by atoms with Crippen LogP contribution in [-0.2, 0) is 19.4 Å². The lowest BCUT2D eigenvalue weighted by molar-refractivity contribution is -0.385. The lowest BCUT2D eigenvalue weighted by Gasteiger charge is -2.08. The van der Waals surface area contributed by atoms with Gasteiger partial charge < -0.3 is 5.32 Å². The average molecular weight is 284 g/mol. The Morgan fingerprint density at radius 3 is 2.24 bits per heavy atom. The predicted octanol–water partition coefficient (Wildman–Crippen LogP) is 4.33. The summed E-state index contributed by atoms with van der Waals surface area (Å²) >= 11 is 0. The summed E-state index contributed by atoms with van der Waals surface area (Å²) in [6, 6.07) is 13.7. The van der Waals surface area contributed by atoms with Gasteiger partial charge >= 0.3 is 0 Å². The third-order valence-corrected chi connectivity index (χ3v) is 3.59. The Morgan fingerprint density at radius 1 is 1.00 bits per heavy atom. The summed E-state index contributed by atoms with van der Waals surface area (Å²) in [7, 11) is 0. The summed E-state index contributed by atoms with van der Waals surface area (Å²) in [6.45, 7) is 4.71. The molecule has 0 saturated carbocycles. The minimum atomic E-state index is -0.319. The van der Waals surface area contributed by atoms with Gasteiger partial charge in [0, 0.05) is 23.9 Å². The molecule has 0 fully saturated rings. The average Bonchev–Trinajstić information content (AvgIpc) is 2.53. The first-order valence-electron chi connectivity index (χ1n) is 7.23. The highest BCUT2D eigenvalue weighted by molar-refractivity contribution is 5.55. The zero-order valence-corrected chi connectivity index (χ0v) is 12.4. The van der Waals surface area contributed by atoms with Crippen LogP contribution in [0.4, 0.5) is 11.4 Å². The van der Waals surface area contributed by atoms with Gasteiger partial charge in [-0.05, 0) is 30.0 Å². The van der Waals surface area contributed by atoms with Gasteiger partial charge in [-0.3, -0.25) is 10.1 Å². The van der Waals surface area contributed by atoms with Crippen LogP contribution in [0, 0.1) is 10.1 Å². The Bertz CT molecular complexity index is 621. The van der Waals surface area contributed by atoms with Crippen molar-refractivity contribution in [2.24, 2.45) is 0 Å². The summed E-state index contributed by atoms with van der Waals surface area (Å²) in [5, 5.41) is 14.3. The van der Waals surface area contributed by atoms with E-state index < -0.39 is 0 Å². The zero-order valence-electron chi connectivity index (χ0n) is 12.4. The molecule has 0 amide bonds. The van der Waals surface area contributed by atoms with E-state index in [1.165, 1.54) is 5.56 Å². The van der Waals surface area contributed by atoms with Gasteiger partial charge in [0.2, 0.25) is 0 Å². The molecule has 0 bridgehead atoms. The molecule has 0 atom stereocenters. The van der Waals surface area contributed by atoms with Crippen LogP contribution >= 0.6 is 0 Å². The third kappa shape index (κ3) is 3.81. The highest BCUT2D eigenvalue weighted by atomic mass is 16.6. The molecule has 1 N–H and O–H groups in total. The number of nitrogens with one attached hydrogen (secondary N) is 1. The van der Waals surface area contributed by atoms with E-state index in [1.807, 2.05) is 19.1 Å². The van der Waals surface area contributed by atoms with Crippen molar-refractivity contribution >= 4 is 11.4 Å². The second-order valence-corrected chi connectivity index (χ2v) is 4.98. The van der Waals surface area contributed by atoms with Gasteiger partial charge in [0.05, 0.1) is 4.92 Å². The monoisotopic (exact) mass is 284 g/mol. The molecule has 0 saturated heterocycles. The number of nitro groups is 1. The van der Waals surface area contributed by atoms with Crippen molar-refractivity contribution in [2.75, 3.05) is 5.32 Å². The molecule has 4 heteroatoms. The SMILES string of the molecule is CCc1ccc(CNc2ccc(CC)c([N+](=O)[O-])c2)cc1. The van der Waals surface area contributed by atoms with E-state index >= 15 is 0 Å². The van der Waals surface area contributed by atoms with Crippen molar-refractivity contribution in [1.82, 2.24) is 0 Å². The number of nitrogens with zero attached hydrogens (tertiary/aromatic N) is 1. The molecule has 0 radical (unpaired) electrons. The van der Waals surface area contributed by atoms with E-state index in [2.05, 4.69) is 36.5 Å². The molecule has 0 unspecified atom stereocenters. The first-order chi connectivity index (χ1) is 10.1. The maximum absolute atomic E-state index is 11.1. The second kappa shape index (κ2) is 6.88. The van der Waals surface area contributed by atoms with Crippen molar-refractivity contribution in [1.29, 1.82) is 0 Å². The van der Waals surface area contributed by atoms with E-state index in [4.69, 9.17) is 0 Å². The first kappa shape index (κ1) is 15.0. The number of nitro benzene ring substituents is 1. The number of rotatable bonds is 6. The number of aryl methyl sites for hydroxylation is 2. The fraction of sp³-hybridized carbons (Fsp3) is 0.294. The standard InChI is InChI=1S/C17H20N2O2/c1-3-13-5-7-14(8-6-13)12-18-16-10-9-15(4-2)17(11-16)19(20)21/h5-11,18H,3-4,12H2,1-2H3. The van der Waals surface area contributed by atoms with Crippen LogP contribution in [-0.4, -0.2) is 4.92 Å². The number of hydrogen-bond acceptors (Lipinski definition) is 3. The Labute approximate surface area is 125 Å². The van der Waals surface area contributed by atoms with Crippen LogP contribution in [0.25, 0.3) is 0 Å². The van der Waals surface area contributed by atoms with E-state index in [1.54, 1.807) is 6.07 Å². The van der Waals surface area contributed by atoms with Crippen molar-refractivity contribution in [3.63, 3.8) is 0 Å². The maximum atomic E-state index is 11.1. The first-order valence-corrected chi connectivity index (χ1v) is 7.23. The number of benzene rings is 2. The highest BCUT2D eigenvalue weighted by Crippen LogP contribution is 2.24. The van der Waals surface area contributed by atoms with Crippen molar-refractivity contribution in [3.8, 4) is 0 Å². The van der Waals surface area contributed by atoms with Crippen LogP contribution < -0.4 is 5.32 Å². The molecule has 0 aliphatic heterocycles. The van der Waals surface area contributed by atoms with Gasteiger partial charge in [0.15, 0.2) is 0 Å². The zero-order chi connectivity index (χ0) is 15.2. The molecule has 4 nitrogen and oxygen atoms in total. The van der Waals surface area contributed by atoms with Crippen LogP contribution in [0.2, 0.25) is 0 Å². The molecule has 110 valence electrons. The van der Waals surface area contributed by atoms with E-state index in [0.29, 0.717) is 13.0 Å². The normalized spacial score (nSPS) is 10.4. The fourth-order valence-electron chi connectivity index (χ4n) is 2.24. The second-order valence-electron chi connectivity index (χ2n) is 4.98. The molecule has 0 spiro atoms. The van der Waals surface area contributed by atoms with Crippen molar-refractivity contribution in [2.45, 2.75) is 33.2 Å². The lowest BCUT2D eigenvalue weighted by Crippen LogP contribution is -2.01. The van der Waals surface area contributed by atoms with Gasteiger partial charge in [-0.2, -0.15) is 0 Å². The van der Waals surface area contributed by atoms with Crippen LogP contribution in [0.1, 0.15) is 30.5 Å². The van der Waals surface area contributed by atoms with Crippen LogP contribution in [0.5, 0.6) is 0 Å². The van der Waals surface area contributed by atoms with E-state index in [0.717, 1.165) is 23.2 Å². The van der Waals surface area contributed by atoms with Crippen molar-refractivity contribution < 1.29 is 4.92 Å². The molecule has 2 aromatic carbocycles. The quantitative estimate of drug-likeness (QED) is 0.634. The minimum absolute atomic E-state index is 0.184. The Morgan fingerprint density at radius 2 is 1.67 bits per heavy atom. The molecule has 0 aliphatic rings. The van der Waals surface area contributed by atoms with Crippen LogP contribution in [0.15, 0.2) is 42.5 Å². The molecule has 2 rings (SSSR count). The van der Waals surface area contributed by atoms with Crippen molar-refractivity contribution in [3.05, 3.63) is 69.3 Å². The molecule has 21 heavy (non-hydrogen) atoms.